The molecule has 1 aromatic carbocycles. The van der Waals surface area contributed by atoms with E-state index in [0.717, 1.165) is 16.6 Å². The monoisotopic (exact) mass is 342 g/mol. The number of esters is 2. The van der Waals surface area contributed by atoms with E-state index in [1.807, 2.05) is 23.6 Å². The molecule has 0 atom stereocenters. The fourth-order valence-electron chi connectivity index (χ4n) is 2.44. The second-order valence-electron chi connectivity index (χ2n) is 4.84. The summed E-state index contributed by atoms with van der Waals surface area (Å²) in [6, 6.07) is 5.58. The number of hydrogen-bond acceptors (Lipinski definition) is 7. The summed E-state index contributed by atoms with van der Waals surface area (Å²) in [7, 11) is 2.54. The second kappa shape index (κ2) is 6.67. The van der Waals surface area contributed by atoms with Crippen molar-refractivity contribution < 1.29 is 19.1 Å². The molecule has 0 aliphatic carbocycles. The van der Waals surface area contributed by atoms with Crippen LogP contribution < -0.4 is 4.90 Å². The number of rotatable bonds is 3. The van der Waals surface area contributed by atoms with Crippen LogP contribution in [0.1, 0.15) is 0 Å². The molecule has 2 aromatic rings. The third-order valence-corrected chi connectivity index (χ3v) is 4.17. The molecule has 3 rings (SSSR count). The van der Waals surface area contributed by atoms with Crippen LogP contribution in [0.25, 0.3) is 10.9 Å². The van der Waals surface area contributed by atoms with Crippen LogP contribution in [-0.4, -0.2) is 30.5 Å². The number of nitrogens with zero attached hydrogens (tertiary/aromatic N) is 2. The van der Waals surface area contributed by atoms with E-state index in [0.29, 0.717) is 0 Å². The van der Waals surface area contributed by atoms with Crippen LogP contribution in [0.15, 0.2) is 59.3 Å². The number of ether oxygens (including phenoxy) is 2. The van der Waals surface area contributed by atoms with Crippen molar-refractivity contribution in [2.24, 2.45) is 0 Å². The molecule has 0 unspecified atom stereocenters. The zero-order chi connectivity index (χ0) is 17.1. The van der Waals surface area contributed by atoms with Gasteiger partial charge in [0.1, 0.15) is 5.70 Å². The van der Waals surface area contributed by atoms with Crippen LogP contribution in [-0.2, 0) is 19.1 Å². The van der Waals surface area contributed by atoms with Crippen LogP contribution in [0, 0.1) is 0 Å². The molecule has 1 aromatic heterocycles. The fraction of sp³-hybridized carbons (Fsp3) is 0.118. The first-order valence-electron chi connectivity index (χ1n) is 7.05. The van der Waals surface area contributed by atoms with Gasteiger partial charge < -0.3 is 14.4 Å². The quantitative estimate of drug-likeness (QED) is 0.799. The Kier molecular flexibility index (Phi) is 4.43. The maximum Gasteiger partial charge on any atom is 0.355 e. The molecule has 122 valence electrons. The number of hydrogen-bond donors (Lipinski definition) is 0. The number of fused-ring (bicyclic) bond motifs is 1. The highest BCUT2D eigenvalue weighted by atomic mass is 32.1. The molecule has 0 saturated heterocycles. The van der Waals surface area contributed by atoms with Gasteiger partial charge in [-0.05, 0) is 35.8 Å². The highest BCUT2D eigenvalue weighted by molar-refractivity contribution is 7.04. The van der Waals surface area contributed by atoms with Crippen molar-refractivity contribution in [3.8, 4) is 0 Å². The van der Waals surface area contributed by atoms with E-state index in [2.05, 4.69) is 4.37 Å². The maximum absolute atomic E-state index is 12.4. The molecule has 0 N–H and O–H groups in total. The number of carbonyl (C=O) groups excluding carboxylic acids is 2. The minimum Gasteiger partial charge on any atom is -0.465 e. The van der Waals surface area contributed by atoms with E-state index in [9.17, 15) is 9.59 Å². The van der Waals surface area contributed by atoms with Gasteiger partial charge in [-0.2, -0.15) is 4.37 Å². The average molecular weight is 342 g/mol. The largest absolute Gasteiger partial charge is 0.465 e. The molecule has 6 nitrogen and oxygen atoms in total. The molecule has 0 amide bonds. The zero-order valence-corrected chi connectivity index (χ0v) is 13.9. The van der Waals surface area contributed by atoms with Crippen LogP contribution in [0.5, 0.6) is 0 Å². The van der Waals surface area contributed by atoms with Gasteiger partial charge in [0.15, 0.2) is 0 Å². The molecule has 0 spiro atoms. The van der Waals surface area contributed by atoms with Crippen molar-refractivity contribution in [2.75, 3.05) is 19.1 Å². The van der Waals surface area contributed by atoms with Gasteiger partial charge in [0.2, 0.25) is 0 Å². The molecule has 0 bridgehead atoms. The van der Waals surface area contributed by atoms with Crippen LogP contribution in [0.4, 0.5) is 5.69 Å². The Hall–Kier alpha value is -2.93. The Bertz CT molecular complexity index is 895. The summed E-state index contributed by atoms with van der Waals surface area (Å²) in [4.78, 5) is 26.2. The van der Waals surface area contributed by atoms with Crippen LogP contribution in [0.3, 0.4) is 0 Å². The smallest absolute Gasteiger partial charge is 0.355 e. The van der Waals surface area contributed by atoms with Gasteiger partial charge >= 0.3 is 11.9 Å². The topological polar surface area (TPSA) is 68.7 Å². The SMILES string of the molecule is COC(=O)C1=C(C(=O)OC)N(c2cccc3nscc23)C=CC=C1. The van der Waals surface area contributed by atoms with Crippen molar-refractivity contribution in [3.05, 3.63) is 59.3 Å². The summed E-state index contributed by atoms with van der Waals surface area (Å²) in [6.07, 6.45) is 6.63. The zero-order valence-electron chi connectivity index (χ0n) is 13.1. The van der Waals surface area contributed by atoms with Gasteiger partial charge in [0.05, 0.1) is 31.0 Å². The first kappa shape index (κ1) is 15.9. The van der Waals surface area contributed by atoms with E-state index >= 15 is 0 Å². The maximum atomic E-state index is 12.4. The Morgan fingerprint density at radius 2 is 1.92 bits per heavy atom. The molecule has 0 radical (unpaired) electrons. The summed E-state index contributed by atoms with van der Waals surface area (Å²) in [5, 5.41) is 2.77. The number of allylic oxidation sites excluding steroid dienone is 2. The second-order valence-corrected chi connectivity index (χ2v) is 5.47. The van der Waals surface area contributed by atoms with E-state index in [1.54, 1.807) is 23.3 Å². The lowest BCUT2D eigenvalue weighted by Gasteiger charge is -2.23. The number of anilines is 1. The van der Waals surface area contributed by atoms with Gasteiger partial charge in [-0.3, -0.25) is 0 Å². The number of carbonyl (C=O) groups is 2. The third kappa shape index (κ3) is 2.69. The molecule has 1 aliphatic rings. The standard InChI is InChI=1S/C17H14N2O4S/c1-22-16(20)11-6-3-4-9-19(15(11)17(21)23-2)14-8-5-7-13-12(14)10-24-18-13/h3-10H,1-2H3. The lowest BCUT2D eigenvalue weighted by molar-refractivity contribution is -0.139. The highest BCUT2D eigenvalue weighted by Gasteiger charge is 2.28. The lowest BCUT2D eigenvalue weighted by atomic mass is 10.1. The molecular weight excluding hydrogens is 328 g/mol. The number of aromatic nitrogens is 1. The summed E-state index contributed by atoms with van der Waals surface area (Å²) in [5.41, 5.74) is 1.75. The van der Waals surface area contributed by atoms with Crippen molar-refractivity contribution in [1.82, 2.24) is 4.37 Å². The predicted octanol–water partition coefficient (Wildman–Crippen LogP) is 2.79. The summed E-state index contributed by atoms with van der Waals surface area (Å²) in [5.74, 6) is -1.25. The fourth-order valence-corrected chi connectivity index (χ4v) is 3.11. The predicted molar refractivity (Wildman–Crippen MR) is 91.4 cm³/mol. The van der Waals surface area contributed by atoms with E-state index < -0.39 is 11.9 Å². The number of methoxy groups -OCH3 is 2. The first-order valence-corrected chi connectivity index (χ1v) is 7.89. The van der Waals surface area contributed by atoms with Crippen LogP contribution in [0.2, 0.25) is 0 Å². The van der Waals surface area contributed by atoms with Gasteiger partial charge in [-0.25, -0.2) is 9.59 Å². The van der Waals surface area contributed by atoms with Crippen LogP contribution >= 0.6 is 11.5 Å². The third-order valence-electron chi connectivity index (χ3n) is 3.53. The molecule has 2 heterocycles. The van der Waals surface area contributed by atoms with Crippen molar-refractivity contribution in [2.45, 2.75) is 0 Å². The molecule has 1 aliphatic heterocycles. The summed E-state index contributed by atoms with van der Waals surface area (Å²) < 4.78 is 14.0. The van der Waals surface area contributed by atoms with Crippen molar-refractivity contribution in [3.63, 3.8) is 0 Å². The van der Waals surface area contributed by atoms with E-state index in [1.165, 1.54) is 31.8 Å². The molecule has 24 heavy (non-hydrogen) atoms. The van der Waals surface area contributed by atoms with E-state index in [4.69, 9.17) is 9.47 Å². The van der Waals surface area contributed by atoms with Gasteiger partial charge in [-0.1, -0.05) is 12.1 Å². The Morgan fingerprint density at radius 3 is 2.67 bits per heavy atom. The Balaban J connectivity index is 2.26. The van der Waals surface area contributed by atoms with Gasteiger partial charge in [-0.15, -0.1) is 0 Å². The van der Waals surface area contributed by atoms with Crippen molar-refractivity contribution in [1.29, 1.82) is 0 Å². The normalized spacial score (nSPS) is 14.0. The Morgan fingerprint density at radius 1 is 1.12 bits per heavy atom. The average Bonchev–Trinajstić information content (AvgIpc) is 2.99. The first-order chi connectivity index (χ1) is 11.7. The Labute approximate surface area is 142 Å². The summed E-state index contributed by atoms with van der Waals surface area (Å²) >= 11 is 1.32. The van der Waals surface area contributed by atoms with E-state index in [-0.39, 0.29) is 11.3 Å². The molecule has 7 heteroatoms. The lowest BCUT2D eigenvalue weighted by Crippen LogP contribution is -2.27. The minimum atomic E-state index is -0.633. The molecule has 0 saturated carbocycles. The molecule has 0 fully saturated rings. The van der Waals surface area contributed by atoms with Gasteiger partial charge in [0, 0.05) is 17.0 Å². The van der Waals surface area contributed by atoms with Crippen molar-refractivity contribution >= 4 is 40.1 Å². The number of benzene rings is 1. The highest BCUT2D eigenvalue weighted by Crippen LogP contribution is 2.33. The summed E-state index contributed by atoms with van der Waals surface area (Å²) in [6.45, 7) is 0. The van der Waals surface area contributed by atoms with Gasteiger partial charge in [0.25, 0.3) is 0 Å². The molecular formula is C17H14N2O4S. The minimum absolute atomic E-state index is 0.0908.